The quantitative estimate of drug-likeness (QED) is 0.643. The number of aromatic nitrogens is 1. The van der Waals surface area contributed by atoms with Crippen molar-refractivity contribution in [2.75, 3.05) is 0 Å². The number of aryl methyl sites for hydroxylation is 1. The van der Waals surface area contributed by atoms with Gasteiger partial charge in [0.1, 0.15) is 11.4 Å². The Kier molecular flexibility index (Phi) is 2.94. The second-order valence-corrected chi connectivity index (χ2v) is 6.81. The average molecular weight is 297 g/mol. The summed E-state index contributed by atoms with van der Waals surface area (Å²) in [6, 6.07) is 15.3. The van der Waals surface area contributed by atoms with Gasteiger partial charge in [0.05, 0.1) is 0 Å². The molecule has 0 saturated heterocycles. The normalized spacial score (nSPS) is 18.7. The maximum Gasteiger partial charge on any atom is 0.304 e. The van der Waals surface area contributed by atoms with Crippen molar-refractivity contribution in [1.82, 2.24) is 3.96 Å². The van der Waals surface area contributed by atoms with Crippen LogP contribution in [0.2, 0.25) is 0 Å². The van der Waals surface area contributed by atoms with Crippen LogP contribution < -0.4 is 5.56 Å². The molecule has 3 aromatic rings. The molecule has 4 heteroatoms. The lowest BCUT2D eigenvalue weighted by molar-refractivity contribution is 0.483. The molecule has 3 nitrogen and oxygen atoms in total. The van der Waals surface area contributed by atoms with E-state index in [9.17, 15) is 9.35 Å². The summed E-state index contributed by atoms with van der Waals surface area (Å²) < 4.78 is 14.9. The van der Waals surface area contributed by atoms with E-state index < -0.39 is 10.9 Å². The lowest BCUT2D eigenvalue weighted by Crippen LogP contribution is -2.24. The van der Waals surface area contributed by atoms with E-state index in [0.717, 1.165) is 24.8 Å². The molecule has 0 aliphatic heterocycles. The zero-order valence-corrected chi connectivity index (χ0v) is 12.3. The molecule has 21 heavy (non-hydrogen) atoms. The van der Waals surface area contributed by atoms with Gasteiger partial charge in [-0.25, -0.2) is 0 Å². The number of hydrogen-bond acceptors (Lipinski definition) is 2. The van der Waals surface area contributed by atoms with Crippen LogP contribution in [0.4, 0.5) is 0 Å². The van der Waals surface area contributed by atoms with Gasteiger partial charge in [0.25, 0.3) is 0 Å². The summed E-state index contributed by atoms with van der Waals surface area (Å²) >= 11 is 0. The minimum absolute atomic E-state index is 0.0734. The molecule has 2 atom stereocenters. The highest BCUT2D eigenvalue weighted by Gasteiger charge is 2.29. The summed E-state index contributed by atoms with van der Waals surface area (Å²) in [5.74, 6) is 0. The number of hydrogen-bond donors (Lipinski definition) is 0. The Morgan fingerprint density at radius 3 is 2.71 bits per heavy atom. The number of nitrogens with zero attached hydrogens (tertiary/aromatic N) is 1. The first-order chi connectivity index (χ1) is 10.3. The average Bonchev–Trinajstić information content (AvgIpc) is 2.79. The molecular weight excluding hydrogens is 282 g/mol. The molecule has 106 valence electrons. The fourth-order valence-corrected chi connectivity index (χ4v) is 4.77. The maximum absolute atomic E-state index is 12.7. The number of rotatable bonds is 1. The van der Waals surface area contributed by atoms with Gasteiger partial charge in [-0.05, 0) is 36.5 Å². The fraction of sp³-hybridized carbons (Fsp3) is 0.235. The standard InChI is InChI=1S/C17H15NO2S/c19-17-14-9-3-4-11-16(14)21(20)18(17)15-10-5-7-12-6-1-2-8-13(12)15/h1-4,6,8-9,11,15H,5,7,10H2. The van der Waals surface area contributed by atoms with Crippen LogP contribution in [0.15, 0.2) is 53.3 Å². The summed E-state index contributed by atoms with van der Waals surface area (Å²) in [7, 11) is -1.39. The minimum atomic E-state index is -1.39. The monoisotopic (exact) mass is 297 g/mol. The Labute approximate surface area is 125 Å². The maximum atomic E-state index is 12.7. The molecule has 2 aromatic carbocycles. The molecule has 0 fully saturated rings. The predicted molar refractivity (Wildman–Crippen MR) is 84.4 cm³/mol. The van der Waals surface area contributed by atoms with Crippen LogP contribution >= 0.6 is 10.9 Å². The van der Waals surface area contributed by atoms with Gasteiger partial charge in [-0.2, -0.15) is 0 Å². The van der Waals surface area contributed by atoms with Gasteiger partial charge < -0.3 is 4.55 Å². The molecule has 1 aliphatic carbocycles. The topological polar surface area (TPSA) is 45.1 Å². The van der Waals surface area contributed by atoms with Crippen LogP contribution in [0.3, 0.4) is 0 Å². The molecule has 0 N–H and O–H groups in total. The second-order valence-electron chi connectivity index (χ2n) is 5.48. The van der Waals surface area contributed by atoms with Crippen molar-refractivity contribution in [1.29, 1.82) is 0 Å². The van der Waals surface area contributed by atoms with E-state index in [4.69, 9.17) is 0 Å². The van der Waals surface area contributed by atoms with Crippen molar-refractivity contribution < 1.29 is 4.55 Å². The molecule has 0 saturated carbocycles. The van der Waals surface area contributed by atoms with Gasteiger partial charge in [0, 0.05) is 17.0 Å². The molecule has 1 aliphatic rings. The predicted octanol–water partition coefficient (Wildman–Crippen LogP) is 3.65. The highest BCUT2D eigenvalue weighted by atomic mass is 32.2. The lowest BCUT2D eigenvalue weighted by atomic mass is 9.88. The van der Waals surface area contributed by atoms with Gasteiger partial charge in [-0.3, -0.25) is 4.79 Å². The molecule has 0 spiro atoms. The molecule has 4 rings (SSSR count). The Morgan fingerprint density at radius 2 is 1.86 bits per heavy atom. The zero-order valence-electron chi connectivity index (χ0n) is 11.5. The van der Waals surface area contributed by atoms with Crippen LogP contribution in [0.25, 0.3) is 10.1 Å². The third-order valence-corrected chi connectivity index (χ3v) is 5.82. The SMILES string of the molecule is O=c1c2ccccc2[s+]([O-])n1C1CCCc2ccccc21. The second kappa shape index (κ2) is 4.83. The largest absolute Gasteiger partial charge is 0.570 e. The molecule has 2 unspecified atom stereocenters. The highest BCUT2D eigenvalue weighted by Crippen LogP contribution is 2.37. The van der Waals surface area contributed by atoms with Crippen LogP contribution in [-0.4, -0.2) is 8.51 Å². The molecular formula is C17H15NO2S. The van der Waals surface area contributed by atoms with Crippen molar-refractivity contribution in [3.8, 4) is 0 Å². The van der Waals surface area contributed by atoms with E-state index >= 15 is 0 Å². The third-order valence-electron chi connectivity index (χ3n) is 4.31. The Bertz CT molecular complexity index is 878. The first-order valence-electron chi connectivity index (χ1n) is 7.19. The van der Waals surface area contributed by atoms with Crippen molar-refractivity contribution in [2.45, 2.75) is 25.3 Å². The first kappa shape index (κ1) is 12.8. The van der Waals surface area contributed by atoms with Crippen molar-refractivity contribution in [2.24, 2.45) is 0 Å². The fourth-order valence-electron chi connectivity index (χ4n) is 3.32. The molecule has 0 radical (unpaired) electrons. The first-order valence-corrected chi connectivity index (χ1v) is 8.30. The van der Waals surface area contributed by atoms with E-state index in [1.54, 1.807) is 16.1 Å². The van der Waals surface area contributed by atoms with Gasteiger partial charge in [0.15, 0.2) is 0 Å². The van der Waals surface area contributed by atoms with Crippen LogP contribution in [0.5, 0.6) is 0 Å². The van der Waals surface area contributed by atoms with Crippen LogP contribution in [0, 0.1) is 0 Å². The number of benzene rings is 2. The molecule has 1 heterocycles. The molecule has 0 amide bonds. The summed E-state index contributed by atoms with van der Waals surface area (Å²) in [5.41, 5.74) is 2.32. The zero-order chi connectivity index (χ0) is 14.4. The van der Waals surface area contributed by atoms with Gasteiger partial charge in [0.2, 0.25) is 4.70 Å². The lowest BCUT2D eigenvalue weighted by Gasteiger charge is -2.24. The van der Waals surface area contributed by atoms with E-state index in [1.807, 2.05) is 24.3 Å². The third kappa shape index (κ3) is 1.87. The van der Waals surface area contributed by atoms with Crippen molar-refractivity contribution in [3.05, 3.63) is 70.0 Å². The number of fused-ring (bicyclic) bond motifs is 2. The Morgan fingerprint density at radius 1 is 1.10 bits per heavy atom. The van der Waals surface area contributed by atoms with Crippen LogP contribution in [-0.2, 0) is 6.42 Å². The summed E-state index contributed by atoms with van der Waals surface area (Å²) in [6.45, 7) is 0. The highest BCUT2D eigenvalue weighted by molar-refractivity contribution is 7.27. The smallest absolute Gasteiger partial charge is 0.304 e. The summed E-state index contributed by atoms with van der Waals surface area (Å²) in [6.07, 6.45) is 2.94. The minimum Gasteiger partial charge on any atom is -0.570 e. The van der Waals surface area contributed by atoms with Gasteiger partial charge >= 0.3 is 5.56 Å². The van der Waals surface area contributed by atoms with Crippen molar-refractivity contribution >= 4 is 21.0 Å². The van der Waals surface area contributed by atoms with Gasteiger partial charge in [-0.1, -0.05) is 36.4 Å². The van der Waals surface area contributed by atoms with E-state index in [-0.39, 0.29) is 11.6 Å². The summed E-state index contributed by atoms with van der Waals surface area (Å²) in [4.78, 5) is 12.6. The van der Waals surface area contributed by atoms with Gasteiger partial charge in [-0.15, -0.1) is 3.96 Å². The molecule has 0 bridgehead atoms. The van der Waals surface area contributed by atoms with E-state index in [0.29, 0.717) is 10.1 Å². The van der Waals surface area contributed by atoms with E-state index in [1.165, 1.54) is 5.56 Å². The van der Waals surface area contributed by atoms with Crippen molar-refractivity contribution in [3.63, 3.8) is 0 Å². The molecule has 1 aromatic heterocycles. The summed E-state index contributed by atoms with van der Waals surface area (Å²) in [5, 5.41) is 0.582. The Balaban J connectivity index is 1.99. The Hall–Kier alpha value is -1.91. The van der Waals surface area contributed by atoms with E-state index in [2.05, 4.69) is 12.1 Å². The van der Waals surface area contributed by atoms with Crippen LogP contribution in [0.1, 0.15) is 30.0 Å².